The van der Waals surface area contributed by atoms with Crippen LogP contribution in [0.5, 0.6) is 0 Å². The fourth-order valence-corrected chi connectivity index (χ4v) is 2.72. The first kappa shape index (κ1) is 18.2. The van der Waals surface area contributed by atoms with Crippen LogP contribution in [0.3, 0.4) is 0 Å². The second-order valence-corrected chi connectivity index (χ2v) is 6.07. The number of hydrogen-bond donors (Lipinski definition) is 1. The smallest absolute Gasteiger partial charge is 0.352 e. The van der Waals surface area contributed by atoms with Gasteiger partial charge in [-0.1, -0.05) is 23.7 Å². The van der Waals surface area contributed by atoms with Gasteiger partial charge < -0.3 is 15.1 Å². The summed E-state index contributed by atoms with van der Waals surface area (Å²) in [5.41, 5.74) is -0.505. The van der Waals surface area contributed by atoms with Crippen LogP contribution in [0, 0.1) is 0 Å². The number of nitrogens with one attached hydrogen (secondary N) is 1. The molecule has 0 aliphatic carbocycles. The average Bonchev–Trinajstić information content (AvgIpc) is 2.63. The number of aromatic nitrogens is 2. The van der Waals surface area contributed by atoms with Crippen molar-refractivity contribution in [2.45, 2.75) is 6.18 Å². The number of anilines is 2. The van der Waals surface area contributed by atoms with Crippen molar-refractivity contribution in [2.75, 3.05) is 36.4 Å². The molecule has 1 saturated heterocycles. The maximum Gasteiger partial charge on any atom is 0.435 e. The van der Waals surface area contributed by atoms with Gasteiger partial charge in [0, 0.05) is 26.2 Å². The summed E-state index contributed by atoms with van der Waals surface area (Å²) in [7, 11) is 0. The van der Waals surface area contributed by atoms with Crippen LogP contribution in [0.2, 0.25) is 5.02 Å². The van der Waals surface area contributed by atoms with E-state index in [4.69, 9.17) is 11.6 Å². The van der Waals surface area contributed by atoms with Crippen LogP contribution in [0.4, 0.5) is 29.5 Å². The first-order valence-electron chi connectivity index (χ1n) is 7.81. The molecule has 3 rings (SSSR count). The summed E-state index contributed by atoms with van der Waals surface area (Å²) in [6, 6.07) is 8.82. The Balaban J connectivity index is 1.57. The van der Waals surface area contributed by atoms with Gasteiger partial charge in [-0.05, 0) is 24.3 Å². The monoisotopic (exact) mass is 385 g/mol. The molecule has 2 heterocycles. The van der Waals surface area contributed by atoms with Gasteiger partial charge in [0.15, 0.2) is 11.5 Å². The first-order valence-corrected chi connectivity index (χ1v) is 8.19. The van der Waals surface area contributed by atoms with Crippen LogP contribution in [-0.4, -0.2) is 47.3 Å². The summed E-state index contributed by atoms with van der Waals surface area (Å²) in [5.74, 6) is 0.351. The van der Waals surface area contributed by atoms with E-state index in [1.165, 1.54) is 6.07 Å². The number of nitrogens with zero attached hydrogens (tertiary/aromatic N) is 4. The van der Waals surface area contributed by atoms with Gasteiger partial charge in [0.05, 0.1) is 10.7 Å². The van der Waals surface area contributed by atoms with Crippen LogP contribution in [0.25, 0.3) is 0 Å². The molecule has 0 saturated carbocycles. The Hall–Kier alpha value is -2.55. The summed E-state index contributed by atoms with van der Waals surface area (Å²) < 4.78 is 37.6. The number of amides is 2. The zero-order valence-corrected chi connectivity index (χ0v) is 14.3. The van der Waals surface area contributed by atoms with Crippen molar-refractivity contribution in [2.24, 2.45) is 0 Å². The van der Waals surface area contributed by atoms with E-state index in [1.54, 1.807) is 34.1 Å². The molecule has 0 unspecified atom stereocenters. The van der Waals surface area contributed by atoms with Gasteiger partial charge in [-0.2, -0.15) is 13.2 Å². The zero-order chi connectivity index (χ0) is 18.7. The van der Waals surface area contributed by atoms with Crippen LogP contribution in [0.1, 0.15) is 5.69 Å². The van der Waals surface area contributed by atoms with Crippen LogP contribution in [0.15, 0.2) is 36.4 Å². The molecule has 2 amide bonds. The third-order valence-corrected chi connectivity index (χ3v) is 4.28. The third-order valence-electron chi connectivity index (χ3n) is 3.95. The normalized spacial score (nSPS) is 15.1. The van der Waals surface area contributed by atoms with Crippen molar-refractivity contribution in [3.05, 3.63) is 47.1 Å². The molecule has 1 aromatic heterocycles. The fourth-order valence-electron chi connectivity index (χ4n) is 2.54. The number of carbonyl (C=O) groups excluding carboxylic acids is 1. The molecule has 6 nitrogen and oxygen atoms in total. The molecule has 1 fully saturated rings. The molecule has 1 aliphatic rings. The van der Waals surface area contributed by atoms with E-state index >= 15 is 0 Å². The Kier molecular flexibility index (Phi) is 5.17. The Morgan fingerprint density at radius 2 is 1.73 bits per heavy atom. The molecule has 1 aromatic carbocycles. The lowest BCUT2D eigenvalue weighted by Crippen LogP contribution is -2.50. The fraction of sp³-hybridized carbons (Fsp3) is 0.312. The van der Waals surface area contributed by atoms with Gasteiger partial charge in [-0.15, -0.1) is 10.2 Å². The van der Waals surface area contributed by atoms with Crippen LogP contribution in [-0.2, 0) is 6.18 Å². The van der Waals surface area contributed by atoms with E-state index in [0.29, 0.717) is 42.7 Å². The van der Waals surface area contributed by atoms with Crippen molar-refractivity contribution >= 4 is 29.1 Å². The van der Waals surface area contributed by atoms with Gasteiger partial charge in [0.2, 0.25) is 0 Å². The molecular formula is C16H15ClF3N5O. The Labute approximate surface area is 152 Å². The lowest BCUT2D eigenvalue weighted by atomic mass is 10.3. The quantitative estimate of drug-likeness (QED) is 0.859. The van der Waals surface area contributed by atoms with Gasteiger partial charge in [-0.3, -0.25) is 0 Å². The lowest BCUT2D eigenvalue weighted by molar-refractivity contribution is -0.141. The number of carbonyl (C=O) groups is 1. The number of rotatable bonds is 2. The molecule has 138 valence electrons. The number of urea groups is 1. The van der Waals surface area contributed by atoms with Crippen molar-refractivity contribution in [3.8, 4) is 0 Å². The number of piperazine rings is 1. The number of alkyl halides is 3. The summed E-state index contributed by atoms with van der Waals surface area (Å²) >= 11 is 6.02. The van der Waals surface area contributed by atoms with Gasteiger partial charge in [0.25, 0.3) is 0 Å². The minimum absolute atomic E-state index is 0.281. The van der Waals surface area contributed by atoms with Crippen LogP contribution >= 0.6 is 11.6 Å². The highest BCUT2D eigenvalue weighted by atomic mass is 35.5. The molecule has 2 aromatic rings. The molecule has 1 aliphatic heterocycles. The number of hydrogen-bond acceptors (Lipinski definition) is 4. The van der Waals surface area contributed by atoms with Crippen molar-refractivity contribution < 1.29 is 18.0 Å². The predicted octanol–water partition coefficient (Wildman–Crippen LogP) is 3.50. The Morgan fingerprint density at radius 1 is 1.04 bits per heavy atom. The zero-order valence-electron chi connectivity index (χ0n) is 13.5. The van der Waals surface area contributed by atoms with E-state index in [-0.39, 0.29) is 6.03 Å². The van der Waals surface area contributed by atoms with Crippen molar-refractivity contribution in [1.82, 2.24) is 15.1 Å². The number of para-hydroxylation sites is 1. The summed E-state index contributed by atoms with van der Waals surface area (Å²) in [5, 5.41) is 10.0. The molecule has 0 spiro atoms. The Bertz CT molecular complexity index is 776. The van der Waals surface area contributed by atoms with Gasteiger partial charge >= 0.3 is 12.2 Å². The summed E-state index contributed by atoms with van der Waals surface area (Å²) in [6.07, 6.45) is -4.51. The Morgan fingerprint density at radius 3 is 2.31 bits per heavy atom. The third kappa shape index (κ3) is 4.16. The van der Waals surface area contributed by atoms with Gasteiger partial charge in [-0.25, -0.2) is 4.79 Å². The minimum atomic E-state index is -4.51. The molecule has 0 atom stereocenters. The van der Waals surface area contributed by atoms with Crippen molar-refractivity contribution in [3.63, 3.8) is 0 Å². The standard InChI is InChI=1S/C16H15ClF3N5O/c17-11-3-1-2-4-12(11)21-15(26)25-9-7-24(8-10-25)14-6-5-13(22-23-14)16(18,19)20/h1-6H,7-10H2,(H,21,26). The van der Waals surface area contributed by atoms with E-state index in [1.807, 2.05) is 0 Å². The second-order valence-electron chi connectivity index (χ2n) is 5.66. The molecule has 0 radical (unpaired) electrons. The molecule has 1 N–H and O–H groups in total. The molecule has 0 bridgehead atoms. The number of benzene rings is 1. The molecular weight excluding hydrogens is 371 g/mol. The highest BCUT2D eigenvalue weighted by Crippen LogP contribution is 2.27. The highest BCUT2D eigenvalue weighted by molar-refractivity contribution is 6.33. The maximum absolute atomic E-state index is 12.5. The van der Waals surface area contributed by atoms with E-state index in [2.05, 4.69) is 15.5 Å². The summed E-state index contributed by atoms with van der Waals surface area (Å²) in [6.45, 7) is 1.68. The van der Waals surface area contributed by atoms with E-state index in [9.17, 15) is 18.0 Å². The predicted molar refractivity (Wildman–Crippen MR) is 91.3 cm³/mol. The van der Waals surface area contributed by atoms with Gasteiger partial charge in [0.1, 0.15) is 0 Å². The van der Waals surface area contributed by atoms with E-state index < -0.39 is 11.9 Å². The second kappa shape index (κ2) is 7.36. The number of halogens is 4. The topological polar surface area (TPSA) is 61.4 Å². The van der Waals surface area contributed by atoms with Crippen molar-refractivity contribution in [1.29, 1.82) is 0 Å². The lowest BCUT2D eigenvalue weighted by Gasteiger charge is -2.35. The summed E-state index contributed by atoms with van der Waals surface area (Å²) in [4.78, 5) is 15.7. The molecule has 10 heteroatoms. The molecule has 26 heavy (non-hydrogen) atoms. The van der Waals surface area contributed by atoms with E-state index in [0.717, 1.165) is 6.07 Å². The maximum atomic E-state index is 12.5. The van der Waals surface area contributed by atoms with Crippen LogP contribution < -0.4 is 10.2 Å². The first-order chi connectivity index (χ1) is 12.3. The largest absolute Gasteiger partial charge is 0.435 e. The minimum Gasteiger partial charge on any atom is -0.352 e. The SMILES string of the molecule is O=C(Nc1ccccc1Cl)N1CCN(c2ccc(C(F)(F)F)nn2)CC1. The highest BCUT2D eigenvalue weighted by Gasteiger charge is 2.33. The average molecular weight is 386 g/mol.